The van der Waals surface area contributed by atoms with E-state index in [4.69, 9.17) is 19.0 Å². The number of hydrogen-bond acceptors (Lipinski definition) is 6. The lowest BCUT2D eigenvalue weighted by atomic mass is 10.0. The smallest absolute Gasteiger partial charge is 0.366 e. The van der Waals surface area contributed by atoms with Crippen LogP contribution >= 0.6 is 0 Å². The second-order valence-electron chi connectivity index (χ2n) is 7.77. The molecular weight excluding hydrogens is 382 g/mol. The monoisotopic (exact) mass is 413 g/mol. The highest BCUT2D eigenvalue weighted by Crippen LogP contribution is 2.25. The van der Waals surface area contributed by atoms with Crippen LogP contribution in [0.15, 0.2) is 49.0 Å². The van der Waals surface area contributed by atoms with Gasteiger partial charge in [-0.1, -0.05) is 55.8 Å². The summed E-state index contributed by atoms with van der Waals surface area (Å²) in [5.74, 6) is -1.46. The molecule has 0 aromatic heterocycles. The van der Waals surface area contributed by atoms with Gasteiger partial charge in [-0.3, -0.25) is 10.3 Å². The molecule has 0 radical (unpaired) electrons. The fourth-order valence-corrected chi connectivity index (χ4v) is 3.47. The van der Waals surface area contributed by atoms with Crippen LogP contribution in [0.4, 0.5) is 0 Å². The molecule has 2 aromatic rings. The molecule has 6 heteroatoms. The molecule has 1 heterocycles. The van der Waals surface area contributed by atoms with Crippen LogP contribution in [0.5, 0.6) is 0 Å². The number of ether oxygens (including phenoxy) is 3. The number of benzene rings is 2. The topological polar surface area (TPSA) is 66.0 Å². The van der Waals surface area contributed by atoms with Crippen LogP contribution in [0.25, 0.3) is 16.5 Å². The molecule has 30 heavy (non-hydrogen) atoms. The summed E-state index contributed by atoms with van der Waals surface area (Å²) >= 11 is 0. The van der Waals surface area contributed by atoms with E-state index in [0.717, 1.165) is 36.9 Å². The highest BCUT2D eigenvalue weighted by atomic mass is 16.7. The Labute approximate surface area is 178 Å². The minimum absolute atomic E-state index is 0.300. The lowest BCUT2D eigenvalue weighted by Gasteiger charge is -2.35. The molecular formula is C24H31NO5. The number of carbonyl (C=O) groups is 1. The first kappa shape index (κ1) is 22.3. The van der Waals surface area contributed by atoms with Crippen molar-refractivity contribution < 1.29 is 23.8 Å². The number of methoxy groups -OCH3 is 1. The SMILES string of the molecule is C=C(NOCCCCCC1COC(C)(C(=O)OC)OC1)c1ccc2ccccc2c1. The lowest BCUT2D eigenvalue weighted by Crippen LogP contribution is -2.48. The Hall–Kier alpha value is -2.41. The molecule has 0 spiro atoms. The predicted octanol–water partition coefficient (Wildman–Crippen LogP) is 4.44. The molecule has 3 rings (SSSR count). The number of carbonyl (C=O) groups excluding carboxylic acids is 1. The molecule has 0 aliphatic carbocycles. The fourth-order valence-electron chi connectivity index (χ4n) is 3.47. The zero-order chi connectivity index (χ0) is 21.4. The molecule has 0 unspecified atom stereocenters. The van der Waals surface area contributed by atoms with E-state index in [-0.39, 0.29) is 0 Å². The summed E-state index contributed by atoms with van der Waals surface area (Å²) in [7, 11) is 1.33. The van der Waals surface area contributed by atoms with Crippen molar-refractivity contribution in [3.8, 4) is 0 Å². The van der Waals surface area contributed by atoms with Gasteiger partial charge in [-0.15, -0.1) is 0 Å². The number of fused-ring (bicyclic) bond motifs is 1. The third-order valence-electron chi connectivity index (χ3n) is 5.40. The van der Waals surface area contributed by atoms with Crippen LogP contribution in [0.2, 0.25) is 0 Å². The van der Waals surface area contributed by atoms with Gasteiger partial charge < -0.3 is 14.2 Å². The second-order valence-corrected chi connectivity index (χ2v) is 7.77. The molecule has 1 aliphatic rings. The molecule has 0 atom stereocenters. The third-order valence-corrected chi connectivity index (χ3v) is 5.40. The minimum Gasteiger partial charge on any atom is -0.465 e. The van der Waals surface area contributed by atoms with E-state index in [1.807, 2.05) is 18.2 Å². The molecule has 0 saturated carbocycles. The molecule has 1 aliphatic heterocycles. The Balaban J connectivity index is 1.27. The predicted molar refractivity (Wildman–Crippen MR) is 116 cm³/mol. The molecule has 162 valence electrons. The quantitative estimate of drug-likeness (QED) is 0.353. The van der Waals surface area contributed by atoms with Crippen molar-refractivity contribution in [2.24, 2.45) is 5.92 Å². The Morgan fingerprint density at radius 1 is 1.13 bits per heavy atom. The van der Waals surface area contributed by atoms with E-state index in [2.05, 4.69) is 36.3 Å². The van der Waals surface area contributed by atoms with Gasteiger partial charge in [-0.05, 0) is 35.2 Å². The summed E-state index contributed by atoms with van der Waals surface area (Å²) in [6.45, 7) is 7.30. The summed E-state index contributed by atoms with van der Waals surface area (Å²) in [6, 6.07) is 14.5. The molecule has 1 N–H and O–H groups in total. The van der Waals surface area contributed by atoms with Gasteiger partial charge in [-0.2, -0.15) is 0 Å². The first-order chi connectivity index (χ1) is 14.5. The molecule has 0 amide bonds. The normalized spacial score (nSPS) is 21.3. The highest BCUT2D eigenvalue weighted by molar-refractivity contribution is 5.85. The summed E-state index contributed by atoms with van der Waals surface area (Å²) in [5.41, 5.74) is 4.72. The van der Waals surface area contributed by atoms with Crippen molar-refractivity contribution in [1.29, 1.82) is 0 Å². The van der Waals surface area contributed by atoms with Crippen LogP contribution in [0.3, 0.4) is 0 Å². The first-order valence-corrected chi connectivity index (χ1v) is 10.4. The van der Waals surface area contributed by atoms with Gasteiger partial charge in [0.15, 0.2) is 0 Å². The summed E-state index contributed by atoms with van der Waals surface area (Å²) < 4.78 is 15.9. The van der Waals surface area contributed by atoms with Gasteiger partial charge in [0.05, 0.1) is 32.6 Å². The summed E-state index contributed by atoms with van der Waals surface area (Å²) in [4.78, 5) is 17.2. The van der Waals surface area contributed by atoms with E-state index in [0.29, 0.717) is 25.7 Å². The fraction of sp³-hybridized carbons (Fsp3) is 0.458. The lowest BCUT2D eigenvalue weighted by molar-refractivity contribution is -0.272. The number of nitrogens with one attached hydrogen (secondary N) is 1. The van der Waals surface area contributed by atoms with Gasteiger partial charge in [0.2, 0.25) is 0 Å². The maximum absolute atomic E-state index is 11.7. The Bertz CT molecular complexity index is 858. The van der Waals surface area contributed by atoms with Crippen molar-refractivity contribution in [3.05, 3.63) is 54.6 Å². The number of hydrogen-bond donors (Lipinski definition) is 1. The van der Waals surface area contributed by atoms with Crippen LogP contribution in [-0.4, -0.2) is 38.7 Å². The van der Waals surface area contributed by atoms with E-state index in [9.17, 15) is 4.79 Å². The van der Waals surface area contributed by atoms with Crippen LogP contribution in [-0.2, 0) is 23.8 Å². The summed E-state index contributed by atoms with van der Waals surface area (Å²) in [5, 5.41) is 2.39. The maximum atomic E-state index is 11.7. The number of unbranched alkanes of at least 4 members (excludes halogenated alkanes) is 2. The average Bonchev–Trinajstić information content (AvgIpc) is 2.78. The van der Waals surface area contributed by atoms with Crippen LogP contribution in [0.1, 0.15) is 38.2 Å². The Morgan fingerprint density at radius 3 is 2.60 bits per heavy atom. The third kappa shape index (κ3) is 5.81. The van der Waals surface area contributed by atoms with Crippen molar-refractivity contribution in [2.75, 3.05) is 26.9 Å². The molecule has 2 aromatic carbocycles. The zero-order valence-electron chi connectivity index (χ0n) is 17.8. The van der Waals surface area contributed by atoms with Crippen molar-refractivity contribution in [1.82, 2.24) is 5.48 Å². The second kappa shape index (κ2) is 10.6. The largest absolute Gasteiger partial charge is 0.465 e. The maximum Gasteiger partial charge on any atom is 0.366 e. The van der Waals surface area contributed by atoms with E-state index in [1.54, 1.807) is 6.92 Å². The molecule has 1 fully saturated rings. The van der Waals surface area contributed by atoms with Crippen molar-refractivity contribution in [2.45, 2.75) is 38.4 Å². The average molecular weight is 414 g/mol. The first-order valence-electron chi connectivity index (χ1n) is 10.4. The van der Waals surface area contributed by atoms with Crippen LogP contribution in [0, 0.1) is 5.92 Å². The zero-order valence-corrected chi connectivity index (χ0v) is 17.8. The van der Waals surface area contributed by atoms with Gasteiger partial charge in [-0.25, -0.2) is 4.79 Å². The van der Waals surface area contributed by atoms with Crippen LogP contribution < -0.4 is 5.48 Å². The van der Waals surface area contributed by atoms with E-state index >= 15 is 0 Å². The summed E-state index contributed by atoms with van der Waals surface area (Å²) in [6.07, 6.45) is 4.05. The van der Waals surface area contributed by atoms with Gasteiger partial charge in [0, 0.05) is 12.8 Å². The van der Waals surface area contributed by atoms with Gasteiger partial charge >= 0.3 is 5.97 Å². The molecule has 0 bridgehead atoms. The van der Waals surface area contributed by atoms with Gasteiger partial charge in [0.25, 0.3) is 5.79 Å². The molecule has 1 saturated heterocycles. The van der Waals surface area contributed by atoms with Crippen molar-refractivity contribution >= 4 is 22.4 Å². The van der Waals surface area contributed by atoms with E-state index < -0.39 is 11.8 Å². The van der Waals surface area contributed by atoms with Crippen molar-refractivity contribution in [3.63, 3.8) is 0 Å². The number of esters is 1. The van der Waals surface area contributed by atoms with Gasteiger partial charge in [0.1, 0.15) is 0 Å². The standard InChI is InChI=1S/C24H31NO5/c1-18(21-13-12-20-10-6-7-11-22(20)15-21)25-30-14-8-4-5-9-19-16-28-24(2,29-17-19)23(26)27-3/h6-7,10-13,15,19,25H,1,4-5,8-9,14,16-17H2,2-3H3. The molecule has 6 nitrogen and oxygen atoms in total. The highest BCUT2D eigenvalue weighted by Gasteiger charge is 2.41. The Kier molecular flexibility index (Phi) is 7.85. The number of rotatable bonds is 10. The van der Waals surface area contributed by atoms with E-state index in [1.165, 1.54) is 17.9 Å². The number of hydroxylamine groups is 1. The Morgan fingerprint density at radius 2 is 1.87 bits per heavy atom. The minimum atomic E-state index is -1.27.